The number of ether oxygens (including phenoxy) is 5. The van der Waals surface area contributed by atoms with Crippen molar-refractivity contribution in [3.8, 4) is 23.0 Å². The van der Waals surface area contributed by atoms with Crippen LogP contribution in [-0.2, 0) is 9.53 Å². The fourth-order valence-electron chi connectivity index (χ4n) is 2.65. The van der Waals surface area contributed by atoms with Gasteiger partial charge in [-0.25, -0.2) is 0 Å². The summed E-state index contributed by atoms with van der Waals surface area (Å²) in [6.45, 7) is 0. The van der Waals surface area contributed by atoms with Gasteiger partial charge in [0, 0.05) is 0 Å². The molecular formula is C19H22O6. The molecule has 0 heterocycles. The highest BCUT2D eigenvalue weighted by Gasteiger charge is 2.26. The quantitative estimate of drug-likeness (QED) is 0.718. The molecule has 2 aromatic carbocycles. The Hall–Kier alpha value is -2.89. The Balaban J connectivity index is 2.56. The van der Waals surface area contributed by atoms with Crippen LogP contribution in [-0.4, -0.2) is 41.5 Å². The molecule has 0 aliphatic rings. The van der Waals surface area contributed by atoms with Crippen LogP contribution < -0.4 is 18.9 Å². The van der Waals surface area contributed by atoms with Gasteiger partial charge in [0.15, 0.2) is 23.0 Å². The van der Waals surface area contributed by atoms with Gasteiger partial charge < -0.3 is 23.7 Å². The fourth-order valence-corrected chi connectivity index (χ4v) is 2.65. The summed E-state index contributed by atoms with van der Waals surface area (Å²) in [6, 6.07) is 10.6. The first-order valence-corrected chi connectivity index (χ1v) is 7.61. The summed E-state index contributed by atoms with van der Waals surface area (Å²) in [4.78, 5) is 12.5. The zero-order valence-corrected chi connectivity index (χ0v) is 15.0. The normalized spacial score (nSPS) is 10.3. The lowest BCUT2D eigenvalue weighted by molar-refractivity contribution is -0.141. The number of methoxy groups -OCH3 is 5. The molecular weight excluding hydrogens is 324 g/mol. The summed E-state index contributed by atoms with van der Waals surface area (Å²) < 4.78 is 26.2. The summed E-state index contributed by atoms with van der Waals surface area (Å²) in [6.07, 6.45) is 0. The van der Waals surface area contributed by atoms with Crippen LogP contribution in [0.5, 0.6) is 23.0 Å². The number of benzene rings is 2. The second-order valence-corrected chi connectivity index (χ2v) is 5.19. The highest BCUT2D eigenvalue weighted by Crippen LogP contribution is 2.37. The third-order valence-electron chi connectivity index (χ3n) is 3.92. The van der Waals surface area contributed by atoms with Crippen molar-refractivity contribution < 1.29 is 28.5 Å². The fraction of sp³-hybridized carbons (Fsp3) is 0.316. The Morgan fingerprint density at radius 2 is 1.08 bits per heavy atom. The topological polar surface area (TPSA) is 63.2 Å². The maximum absolute atomic E-state index is 12.5. The van der Waals surface area contributed by atoms with Crippen LogP contribution in [0.15, 0.2) is 36.4 Å². The summed E-state index contributed by atoms with van der Waals surface area (Å²) in [5, 5.41) is 0. The van der Waals surface area contributed by atoms with Gasteiger partial charge in [0.2, 0.25) is 0 Å². The van der Waals surface area contributed by atoms with Crippen molar-refractivity contribution in [3.63, 3.8) is 0 Å². The lowest BCUT2D eigenvalue weighted by atomic mass is 9.90. The van der Waals surface area contributed by atoms with Crippen molar-refractivity contribution in [1.82, 2.24) is 0 Å². The maximum Gasteiger partial charge on any atom is 0.317 e. The zero-order chi connectivity index (χ0) is 18.4. The van der Waals surface area contributed by atoms with E-state index in [9.17, 15) is 4.79 Å². The Morgan fingerprint density at radius 1 is 0.680 bits per heavy atom. The van der Waals surface area contributed by atoms with Crippen LogP contribution >= 0.6 is 0 Å². The van der Waals surface area contributed by atoms with Crippen molar-refractivity contribution in [2.45, 2.75) is 5.92 Å². The molecule has 0 fully saturated rings. The molecule has 0 aromatic heterocycles. The highest BCUT2D eigenvalue weighted by atomic mass is 16.5. The van der Waals surface area contributed by atoms with Gasteiger partial charge in [-0.2, -0.15) is 0 Å². The molecule has 0 unspecified atom stereocenters. The van der Waals surface area contributed by atoms with E-state index in [2.05, 4.69) is 0 Å². The molecule has 0 bridgehead atoms. The van der Waals surface area contributed by atoms with Crippen LogP contribution in [0.25, 0.3) is 0 Å². The molecule has 2 aromatic rings. The van der Waals surface area contributed by atoms with Crippen molar-refractivity contribution in [2.75, 3.05) is 35.5 Å². The minimum atomic E-state index is -0.635. The molecule has 0 aliphatic heterocycles. The Kier molecular flexibility index (Phi) is 6.11. The summed E-state index contributed by atoms with van der Waals surface area (Å²) in [5.74, 6) is 1.22. The lowest BCUT2D eigenvalue weighted by Crippen LogP contribution is -2.16. The van der Waals surface area contributed by atoms with Crippen LogP contribution in [0.2, 0.25) is 0 Å². The number of rotatable bonds is 7. The third-order valence-corrected chi connectivity index (χ3v) is 3.92. The average molecular weight is 346 g/mol. The summed E-state index contributed by atoms with van der Waals surface area (Å²) >= 11 is 0. The average Bonchev–Trinajstić information content (AvgIpc) is 2.67. The third kappa shape index (κ3) is 3.79. The maximum atomic E-state index is 12.5. The first-order valence-electron chi connectivity index (χ1n) is 7.61. The minimum absolute atomic E-state index is 0.389. The van der Waals surface area contributed by atoms with Crippen molar-refractivity contribution in [2.24, 2.45) is 0 Å². The number of hydrogen-bond donors (Lipinski definition) is 0. The molecule has 134 valence electrons. The molecule has 0 amide bonds. The molecule has 2 rings (SSSR count). The van der Waals surface area contributed by atoms with E-state index in [1.54, 1.807) is 64.8 Å². The Morgan fingerprint density at radius 3 is 1.40 bits per heavy atom. The standard InChI is InChI=1S/C19H22O6/c1-21-14-8-6-12(10-16(14)23-3)18(19(20)25-5)13-7-9-15(22-2)17(11-13)24-4/h6-11,18H,1-5H3. The van der Waals surface area contributed by atoms with Crippen LogP contribution in [0.3, 0.4) is 0 Å². The molecule has 0 atom stereocenters. The van der Waals surface area contributed by atoms with E-state index in [1.807, 2.05) is 0 Å². The smallest absolute Gasteiger partial charge is 0.317 e. The second-order valence-electron chi connectivity index (χ2n) is 5.19. The molecule has 25 heavy (non-hydrogen) atoms. The molecule has 6 nitrogen and oxygen atoms in total. The summed E-state index contributed by atoms with van der Waals surface area (Å²) in [5.41, 5.74) is 1.44. The number of esters is 1. The second kappa shape index (κ2) is 8.28. The van der Waals surface area contributed by atoms with Gasteiger partial charge in [-0.05, 0) is 35.4 Å². The minimum Gasteiger partial charge on any atom is -0.493 e. The van der Waals surface area contributed by atoms with Crippen LogP contribution in [0.1, 0.15) is 17.0 Å². The van der Waals surface area contributed by atoms with Crippen LogP contribution in [0.4, 0.5) is 0 Å². The SMILES string of the molecule is COC(=O)C(c1ccc(OC)c(OC)c1)c1ccc(OC)c(OC)c1. The van der Waals surface area contributed by atoms with Gasteiger partial charge >= 0.3 is 5.97 Å². The highest BCUT2D eigenvalue weighted by molar-refractivity contribution is 5.82. The predicted molar refractivity (Wildman–Crippen MR) is 93.0 cm³/mol. The van der Waals surface area contributed by atoms with E-state index in [0.717, 1.165) is 11.1 Å². The predicted octanol–water partition coefficient (Wildman–Crippen LogP) is 3.03. The summed E-state index contributed by atoms with van der Waals surface area (Å²) in [7, 11) is 7.57. The van der Waals surface area contributed by atoms with Gasteiger partial charge in [0.1, 0.15) is 5.92 Å². The molecule has 0 N–H and O–H groups in total. The number of hydrogen-bond acceptors (Lipinski definition) is 6. The van der Waals surface area contributed by atoms with Crippen molar-refractivity contribution in [1.29, 1.82) is 0 Å². The lowest BCUT2D eigenvalue weighted by Gasteiger charge is -2.19. The first kappa shape index (κ1) is 18.4. The largest absolute Gasteiger partial charge is 0.493 e. The van der Waals surface area contributed by atoms with E-state index < -0.39 is 5.92 Å². The number of carbonyl (C=O) groups is 1. The van der Waals surface area contributed by atoms with E-state index in [1.165, 1.54) is 7.11 Å². The Labute approximate surface area is 147 Å². The van der Waals surface area contributed by atoms with E-state index >= 15 is 0 Å². The van der Waals surface area contributed by atoms with Gasteiger partial charge in [-0.3, -0.25) is 4.79 Å². The van der Waals surface area contributed by atoms with Gasteiger partial charge in [0.25, 0.3) is 0 Å². The van der Waals surface area contributed by atoms with Gasteiger partial charge in [0.05, 0.1) is 35.5 Å². The molecule has 0 saturated carbocycles. The molecule has 0 radical (unpaired) electrons. The van der Waals surface area contributed by atoms with E-state index in [-0.39, 0.29) is 5.97 Å². The van der Waals surface area contributed by atoms with E-state index in [0.29, 0.717) is 23.0 Å². The number of carbonyl (C=O) groups excluding carboxylic acids is 1. The molecule has 6 heteroatoms. The monoisotopic (exact) mass is 346 g/mol. The van der Waals surface area contributed by atoms with Crippen molar-refractivity contribution in [3.05, 3.63) is 47.5 Å². The molecule has 0 spiro atoms. The molecule has 0 aliphatic carbocycles. The first-order chi connectivity index (χ1) is 12.1. The van der Waals surface area contributed by atoms with Gasteiger partial charge in [-0.15, -0.1) is 0 Å². The van der Waals surface area contributed by atoms with E-state index in [4.69, 9.17) is 23.7 Å². The van der Waals surface area contributed by atoms with Gasteiger partial charge in [-0.1, -0.05) is 12.1 Å². The van der Waals surface area contributed by atoms with Crippen molar-refractivity contribution >= 4 is 5.97 Å². The van der Waals surface area contributed by atoms with Crippen LogP contribution in [0, 0.1) is 0 Å². The Bertz CT molecular complexity index is 685. The zero-order valence-electron chi connectivity index (χ0n) is 15.0. The molecule has 0 saturated heterocycles.